The zero-order valence-corrected chi connectivity index (χ0v) is 11.3. The number of carbonyl (C=O) groups excluding carboxylic acids is 1. The largest absolute Gasteiger partial charge is 0.361 e. The van der Waals surface area contributed by atoms with Crippen molar-refractivity contribution in [2.24, 2.45) is 0 Å². The molecule has 19 heavy (non-hydrogen) atoms. The van der Waals surface area contributed by atoms with Gasteiger partial charge in [-0.15, -0.1) is 0 Å². The second-order valence-electron chi connectivity index (χ2n) is 4.23. The van der Waals surface area contributed by atoms with Gasteiger partial charge in [-0.3, -0.25) is 4.79 Å². The summed E-state index contributed by atoms with van der Waals surface area (Å²) in [6.07, 6.45) is -0.427. The van der Waals surface area contributed by atoms with Crippen molar-refractivity contribution >= 4 is 34.8 Å². The maximum Gasteiger partial charge on any atom is 0.255 e. The van der Waals surface area contributed by atoms with Gasteiger partial charge in [0.1, 0.15) is 6.17 Å². The zero-order chi connectivity index (χ0) is 13.4. The number of nitrogens with one attached hydrogen (secondary N) is 2. The topological polar surface area (TPSA) is 41.1 Å². The van der Waals surface area contributed by atoms with Crippen LogP contribution in [0.4, 0.5) is 5.69 Å². The van der Waals surface area contributed by atoms with E-state index in [2.05, 4.69) is 10.6 Å². The maximum atomic E-state index is 12.1. The van der Waals surface area contributed by atoms with E-state index in [4.69, 9.17) is 23.2 Å². The fraction of sp³-hybridized carbons (Fsp3) is 0.0714. The summed E-state index contributed by atoms with van der Waals surface area (Å²) in [7, 11) is 0. The van der Waals surface area contributed by atoms with Gasteiger partial charge in [0.25, 0.3) is 5.91 Å². The third-order valence-corrected chi connectivity index (χ3v) is 3.69. The van der Waals surface area contributed by atoms with Crippen molar-refractivity contribution in [1.82, 2.24) is 5.32 Å². The Kier molecular flexibility index (Phi) is 3.09. The quantitative estimate of drug-likeness (QED) is 0.838. The van der Waals surface area contributed by atoms with Crippen LogP contribution in [0.15, 0.2) is 42.5 Å². The molecule has 0 radical (unpaired) electrons. The Hall–Kier alpha value is -1.71. The minimum Gasteiger partial charge on any atom is -0.361 e. The number of para-hydroxylation sites is 1. The fourth-order valence-corrected chi connectivity index (χ4v) is 2.75. The van der Waals surface area contributed by atoms with Crippen LogP contribution in [0.1, 0.15) is 22.1 Å². The summed E-state index contributed by atoms with van der Waals surface area (Å²) in [5, 5.41) is 7.11. The number of hydrogen-bond donors (Lipinski definition) is 2. The summed E-state index contributed by atoms with van der Waals surface area (Å²) < 4.78 is 0. The predicted octanol–water partition coefficient (Wildman–Crippen LogP) is 3.85. The first-order valence-electron chi connectivity index (χ1n) is 5.77. The number of amides is 1. The second kappa shape index (κ2) is 4.76. The van der Waals surface area contributed by atoms with E-state index in [1.54, 1.807) is 24.3 Å². The molecule has 2 N–H and O–H groups in total. The Bertz CT molecular complexity index is 637. The van der Waals surface area contributed by atoms with Crippen LogP contribution >= 0.6 is 23.2 Å². The van der Waals surface area contributed by atoms with Crippen molar-refractivity contribution in [3.05, 3.63) is 63.6 Å². The molecule has 1 aliphatic heterocycles. The lowest BCUT2D eigenvalue weighted by molar-refractivity contribution is 0.0936. The summed E-state index contributed by atoms with van der Waals surface area (Å²) in [4.78, 5) is 12.1. The Morgan fingerprint density at radius 2 is 1.58 bits per heavy atom. The Labute approximate surface area is 120 Å². The number of benzene rings is 2. The van der Waals surface area contributed by atoms with E-state index in [9.17, 15) is 4.79 Å². The van der Waals surface area contributed by atoms with Gasteiger partial charge >= 0.3 is 0 Å². The van der Waals surface area contributed by atoms with Crippen LogP contribution in [0.5, 0.6) is 0 Å². The molecular formula is C14H10Cl2N2O. The van der Waals surface area contributed by atoms with E-state index >= 15 is 0 Å². The SMILES string of the molecule is O=C1N[C@H](c2c(Cl)cccc2Cl)Nc2ccccc21. The first-order valence-corrected chi connectivity index (χ1v) is 6.53. The molecule has 0 bridgehead atoms. The molecule has 0 unspecified atom stereocenters. The highest BCUT2D eigenvalue weighted by Crippen LogP contribution is 2.34. The molecule has 96 valence electrons. The fourth-order valence-electron chi connectivity index (χ4n) is 2.14. The lowest BCUT2D eigenvalue weighted by Gasteiger charge is -2.29. The van der Waals surface area contributed by atoms with Crippen molar-refractivity contribution in [3.8, 4) is 0 Å². The van der Waals surface area contributed by atoms with Crippen LogP contribution in [0.3, 0.4) is 0 Å². The second-order valence-corrected chi connectivity index (χ2v) is 5.05. The highest BCUT2D eigenvalue weighted by atomic mass is 35.5. The van der Waals surface area contributed by atoms with Gasteiger partial charge in [0, 0.05) is 21.3 Å². The van der Waals surface area contributed by atoms with Gasteiger partial charge in [0.05, 0.1) is 5.56 Å². The highest BCUT2D eigenvalue weighted by molar-refractivity contribution is 6.36. The number of rotatable bonds is 1. The molecule has 0 spiro atoms. The van der Waals surface area contributed by atoms with Gasteiger partial charge in [-0.2, -0.15) is 0 Å². The smallest absolute Gasteiger partial charge is 0.255 e. The molecule has 5 heteroatoms. The van der Waals surface area contributed by atoms with E-state index in [1.165, 1.54) is 0 Å². The Morgan fingerprint density at radius 3 is 2.32 bits per heavy atom. The van der Waals surface area contributed by atoms with Crippen molar-refractivity contribution < 1.29 is 4.79 Å². The summed E-state index contributed by atoms with van der Waals surface area (Å²) in [6, 6.07) is 12.6. The number of fused-ring (bicyclic) bond motifs is 1. The minimum atomic E-state index is -0.427. The molecule has 2 aromatic carbocycles. The molecule has 1 atom stereocenters. The average Bonchev–Trinajstić information content (AvgIpc) is 2.38. The average molecular weight is 293 g/mol. The number of anilines is 1. The van der Waals surface area contributed by atoms with Gasteiger partial charge in [-0.1, -0.05) is 41.4 Å². The monoisotopic (exact) mass is 292 g/mol. The normalized spacial score (nSPS) is 17.4. The number of halogens is 2. The Morgan fingerprint density at radius 1 is 0.895 bits per heavy atom. The minimum absolute atomic E-state index is 0.143. The van der Waals surface area contributed by atoms with Gasteiger partial charge < -0.3 is 10.6 Å². The van der Waals surface area contributed by atoms with Crippen LogP contribution in [0, 0.1) is 0 Å². The van der Waals surface area contributed by atoms with Crippen LogP contribution in [-0.4, -0.2) is 5.91 Å². The van der Waals surface area contributed by atoms with E-state index < -0.39 is 6.17 Å². The van der Waals surface area contributed by atoms with Crippen LogP contribution in [0.2, 0.25) is 10.0 Å². The maximum absolute atomic E-state index is 12.1. The summed E-state index contributed by atoms with van der Waals surface area (Å²) in [5.41, 5.74) is 2.06. The predicted molar refractivity (Wildman–Crippen MR) is 76.7 cm³/mol. The summed E-state index contributed by atoms with van der Waals surface area (Å²) in [6.45, 7) is 0. The lowest BCUT2D eigenvalue weighted by atomic mass is 10.1. The van der Waals surface area contributed by atoms with Gasteiger partial charge in [0.15, 0.2) is 0 Å². The molecule has 3 rings (SSSR count). The molecule has 0 aliphatic carbocycles. The van der Waals surface area contributed by atoms with Gasteiger partial charge in [-0.25, -0.2) is 0 Å². The van der Waals surface area contributed by atoms with E-state index in [0.29, 0.717) is 21.2 Å². The van der Waals surface area contributed by atoms with E-state index in [1.807, 2.05) is 18.2 Å². The molecule has 0 fully saturated rings. The molecule has 0 saturated carbocycles. The van der Waals surface area contributed by atoms with Crippen LogP contribution in [-0.2, 0) is 0 Å². The number of carbonyl (C=O) groups is 1. The molecule has 1 aliphatic rings. The zero-order valence-electron chi connectivity index (χ0n) is 9.78. The molecule has 2 aromatic rings. The molecule has 0 saturated heterocycles. The van der Waals surface area contributed by atoms with Crippen molar-refractivity contribution in [1.29, 1.82) is 0 Å². The van der Waals surface area contributed by atoms with Crippen molar-refractivity contribution in [2.75, 3.05) is 5.32 Å². The van der Waals surface area contributed by atoms with E-state index in [-0.39, 0.29) is 5.91 Å². The molecular weight excluding hydrogens is 283 g/mol. The number of hydrogen-bond acceptors (Lipinski definition) is 2. The van der Waals surface area contributed by atoms with Crippen LogP contribution in [0.25, 0.3) is 0 Å². The van der Waals surface area contributed by atoms with E-state index in [0.717, 1.165) is 5.69 Å². The first kappa shape index (κ1) is 12.3. The molecule has 1 amide bonds. The Balaban J connectivity index is 2.04. The summed E-state index contributed by atoms with van der Waals surface area (Å²) >= 11 is 12.3. The lowest BCUT2D eigenvalue weighted by Crippen LogP contribution is -2.38. The third kappa shape index (κ3) is 2.15. The third-order valence-electron chi connectivity index (χ3n) is 3.04. The van der Waals surface area contributed by atoms with Crippen molar-refractivity contribution in [3.63, 3.8) is 0 Å². The van der Waals surface area contributed by atoms with Crippen LogP contribution < -0.4 is 10.6 Å². The molecule has 0 aromatic heterocycles. The molecule has 1 heterocycles. The van der Waals surface area contributed by atoms with Gasteiger partial charge in [0.2, 0.25) is 0 Å². The standard InChI is InChI=1S/C14H10Cl2N2O/c15-9-5-3-6-10(16)12(9)13-17-11-7-2-1-4-8(11)14(19)18-13/h1-7,13,17H,(H,18,19)/t13-/m1/s1. The molecule has 3 nitrogen and oxygen atoms in total. The highest BCUT2D eigenvalue weighted by Gasteiger charge is 2.26. The van der Waals surface area contributed by atoms with Crippen molar-refractivity contribution in [2.45, 2.75) is 6.17 Å². The summed E-state index contributed by atoms with van der Waals surface area (Å²) in [5.74, 6) is -0.143. The first-order chi connectivity index (χ1) is 9.16. The van der Waals surface area contributed by atoms with Gasteiger partial charge in [-0.05, 0) is 24.3 Å².